The van der Waals surface area contributed by atoms with Crippen molar-refractivity contribution in [2.75, 3.05) is 25.1 Å². The fraction of sp³-hybridized carbons (Fsp3) is 0.480. The molecule has 0 aliphatic carbocycles. The molecule has 1 amide bonds. The van der Waals surface area contributed by atoms with Crippen LogP contribution in [0.4, 0.5) is 4.79 Å². The third kappa shape index (κ3) is 5.25. The third-order valence-electron chi connectivity index (χ3n) is 6.18. The number of para-hydroxylation sites is 2. The minimum absolute atomic E-state index is 0.0472. The Morgan fingerprint density at radius 2 is 1.78 bits per heavy atom. The molecule has 11 heteroatoms. The highest BCUT2D eigenvalue weighted by Gasteiger charge is 2.37. The molecule has 0 bridgehead atoms. The van der Waals surface area contributed by atoms with Gasteiger partial charge in [-0.15, -0.1) is 0 Å². The standard InChI is InChI=1S/C25H33N5O5S/c1-17-18(2)28(12-9-13-36(6,33)34)22(26-17)16-29-20-10-7-8-11-21(20)30(23(29)31)19-14-27(15-19)24(32)35-25(3,4)5/h7-8,10-11,19H,1-2,9,12-16H2,3-6H3. The molecular weight excluding hydrogens is 482 g/mol. The number of nitrogens with zero attached hydrogens (tertiary/aromatic N) is 5. The van der Waals surface area contributed by atoms with Crippen LogP contribution < -0.4 is 16.4 Å². The number of carbonyl (C=O) groups is 1. The Balaban J connectivity index is 1.63. The van der Waals surface area contributed by atoms with Gasteiger partial charge in [0.25, 0.3) is 0 Å². The Bertz CT molecular complexity index is 1570. The van der Waals surface area contributed by atoms with Crippen molar-refractivity contribution in [3.8, 4) is 0 Å². The summed E-state index contributed by atoms with van der Waals surface area (Å²) in [4.78, 5) is 32.1. The van der Waals surface area contributed by atoms with E-state index >= 15 is 0 Å². The largest absolute Gasteiger partial charge is 0.444 e. The van der Waals surface area contributed by atoms with Crippen molar-refractivity contribution >= 4 is 40.1 Å². The van der Waals surface area contributed by atoms with Crippen LogP contribution in [0.15, 0.2) is 29.1 Å². The number of benzene rings is 1. The molecule has 2 aromatic heterocycles. The van der Waals surface area contributed by atoms with E-state index in [1.807, 2.05) is 49.6 Å². The smallest absolute Gasteiger partial charge is 0.410 e. The number of amides is 1. The number of aromatic nitrogens is 4. The highest BCUT2D eigenvalue weighted by Crippen LogP contribution is 2.26. The van der Waals surface area contributed by atoms with E-state index in [0.29, 0.717) is 42.6 Å². The summed E-state index contributed by atoms with van der Waals surface area (Å²) in [5.41, 5.74) is 0.737. The van der Waals surface area contributed by atoms with Crippen molar-refractivity contribution in [1.82, 2.24) is 23.6 Å². The number of fused-ring (bicyclic) bond motifs is 1. The molecule has 1 aromatic carbocycles. The summed E-state index contributed by atoms with van der Waals surface area (Å²) in [5.74, 6) is 0.638. The van der Waals surface area contributed by atoms with E-state index in [1.165, 1.54) is 6.26 Å². The van der Waals surface area contributed by atoms with Gasteiger partial charge in [-0.3, -0.25) is 9.13 Å². The normalized spacial score (nSPS) is 14.8. The lowest BCUT2D eigenvalue weighted by Crippen LogP contribution is -2.54. The zero-order valence-corrected chi connectivity index (χ0v) is 22.0. The first-order valence-corrected chi connectivity index (χ1v) is 13.9. The molecule has 0 saturated carbocycles. The quantitative estimate of drug-likeness (QED) is 0.466. The molecule has 10 nitrogen and oxygen atoms in total. The first kappa shape index (κ1) is 25.7. The van der Waals surface area contributed by atoms with E-state index in [9.17, 15) is 18.0 Å². The van der Waals surface area contributed by atoms with E-state index in [-0.39, 0.29) is 24.0 Å². The zero-order chi connectivity index (χ0) is 26.4. The first-order chi connectivity index (χ1) is 16.7. The molecule has 0 N–H and O–H groups in total. The fourth-order valence-electron chi connectivity index (χ4n) is 4.44. The van der Waals surface area contributed by atoms with Gasteiger partial charge in [0.1, 0.15) is 21.3 Å². The van der Waals surface area contributed by atoms with Gasteiger partial charge in [0, 0.05) is 25.9 Å². The lowest BCUT2D eigenvalue weighted by atomic mass is 10.1. The van der Waals surface area contributed by atoms with E-state index in [1.54, 1.807) is 14.0 Å². The van der Waals surface area contributed by atoms with E-state index < -0.39 is 21.5 Å². The van der Waals surface area contributed by atoms with Crippen molar-refractivity contribution in [1.29, 1.82) is 0 Å². The minimum Gasteiger partial charge on any atom is -0.444 e. The molecule has 1 saturated heterocycles. The van der Waals surface area contributed by atoms with Crippen LogP contribution in [0.3, 0.4) is 0 Å². The third-order valence-corrected chi connectivity index (χ3v) is 7.21. The number of sulfone groups is 1. The Hall–Kier alpha value is -3.34. The monoisotopic (exact) mass is 515 g/mol. The Labute approximate surface area is 210 Å². The fourth-order valence-corrected chi connectivity index (χ4v) is 5.09. The average Bonchev–Trinajstić information content (AvgIpc) is 3.14. The topological polar surface area (TPSA) is 108 Å². The average molecular weight is 516 g/mol. The van der Waals surface area contributed by atoms with Crippen molar-refractivity contribution in [3.05, 3.63) is 51.3 Å². The van der Waals surface area contributed by atoms with E-state index in [4.69, 9.17) is 4.74 Å². The molecule has 1 fully saturated rings. The number of carbonyl (C=O) groups excluding carboxylic acids is 1. The predicted molar refractivity (Wildman–Crippen MR) is 139 cm³/mol. The summed E-state index contributed by atoms with van der Waals surface area (Å²) in [6, 6.07) is 7.35. The number of rotatable bonds is 7. The number of likely N-dealkylation sites (tertiary alicyclic amines) is 1. The Kier molecular flexibility index (Phi) is 6.63. The second-order valence-corrected chi connectivity index (χ2v) is 12.6. The summed E-state index contributed by atoms with van der Waals surface area (Å²) >= 11 is 0. The van der Waals surface area contributed by atoms with Gasteiger partial charge in [-0.1, -0.05) is 25.3 Å². The van der Waals surface area contributed by atoms with Crippen LogP contribution in [0.25, 0.3) is 24.2 Å². The molecule has 194 valence electrons. The lowest BCUT2D eigenvalue weighted by molar-refractivity contribution is 0.00108. The van der Waals surface area contributed by atoms with Crippen LogP contribution in [0.5, 0.6) is 0 Å². The van der Waals surface area contributed by atoms with Crippen LogP contribution in [0.2, 0.25) is 0 Å². The molecule has 0 radical (unpaired) electrons. The SMILES string of the molecule is C=c1nc(Cn2c(=O)n(C3CN(C(=O)OC(C)(C)C)C3)c3ccccc32)n(CCCS(C)(=O)=O)c1=C. The molecule has 3 heterocycles. The molecule has 1 aliphatic rings. The van der Waals surface area contributed by atoms with Crippen LogP contribution in [-0.4, -0.2) is 68.8 Å². The predicted octanol–water partition coefficient (Wildman–Crippen LogP) is 1.09. The van der Waals surface area contributed by atoms with E-state index in [0.717, 1.165) is 11.0 Å². The molecule has 1 aliphatic heterocycles. The molecular formula is C25H33N5O5S. The number of imidazole rings is 2. The lowest BCUT2D eigenvalue weighted by Gasteiger charge is -2.40. The van der Waals surface area contributed by atoms with Gasteiger partial charge >= 0.3 is 11.8 Å². The highest BCUT2D eigenvalue weighted by atomic mass is 32.2. The van der Waals surface area contributed by atoms with Gasteiger partial charge in [0.2, 0.25) is 0 Å². The van der Waals surface area contributed by atoms with Crippen molar-refractivity contribution in [2.45, 2.75) is 51.9 Å². The van der Waals surface area contributed by atoms with Crippen LogP contribution in [-0.2, 0) is 27.7 Å². The summed E-state index contributed by atoms with van der Waals surface area (Å²) in [6.07, 6.45) is 1.22. The summed E-state index contributed by atoms with van der Waals surface area (Å²) in [6.45, 7) is 14.8. The maximum absolute atomic E-state index is 13.6. The molecule has 3 aromatic rings. The molecule has 0 atom stereocenters. The van der Waals surface area contributed by atoms with Crippen LogP contribution >= 0.6 is 0 Å². The number of hydrogen-bond acceptors (Lipinski definition) is 6. The second-order valence-electron chi connectivity index (χ2n) is 10.3. The van der Waals surface area contributed by atoms with Crippen molar-refractivity contribution in [3.63, 3.8) is 0 Å². The van der Waals surface area contributed by atoms with Gasteiger partial charge in [-0.05, 0) is 39.3 Å². The van der Waals surface area contributed by atoms with Crippen LogP contribution in [0, 0.1) is 0 Å². The Morgan fingerprint density at radius 1 is 1.14 bits per heavy atom. The summed E-state index contributed by atoms with van der Waals surface area (Å²) < 4.78 is 33.8. The highest BCUT2D eigenvalue weighted by molar-refractivity contribution is 7.90. The van der Waals surface area contributed by atoms with E-state index in [2.05, 4.69) is 18.1 Å². The van der Waals surface area contributed by atoms with Gasteiger partial charge in [-0.2, -0.15) is 0 Å². The second kappa shape index (κ2) is 9.27. The minimum atomic E-state index is -3.10. The van der Waals surface area contributed by atoms with Gasteiger partial charge in [-0.25, -0.2) is 23.0 Å². The van der Waals surface area contributed by atoms with Crippen LogP contribution in [0.1, 0.15) is 39.1 Å². The van der Waals surface area contributed by atoms with Gasteiger partial charge in [0.15, 0.2) is 0 Å². The van der Waals surface area contributed by atoms with Gasteiger partial charge in [0.05, 0.1) is 40.1 Å². The van der Waals surface area contributed by atoms with Crippen molar-refractivity contribution in [2.24, 2.45) is 0 Å². The molecule has 36 heavy (non-hydrogen) atoms. The maximum atomic E-state index is 13.6. The number of ether oxygens (including phenoxy) is 1. The first-order valence-electron chi connectivity index (χ1n) is 11.8. The Morgan fingerprint density at radius 3 is 2.39 bits per heavy atom. The summed E-state index contributed by atoms with van der Waals surface area (Å²) in [5, 5.41) is 1.09. The molecule has 0 spiro atoms. The maximum Gasteiger partial charge on any atom is 0.410 e. The summed E-state index contributed by atoms with van der Waals surface area (Å²) in [7, 11) is -3.10. The molecule has 0 unspecified atom stereocenters. The number of hydrogen-bond donors (Lipinski definition) is 0. The van der Waals surface area contributed by atoms with Gasteiger partial charge < -0.3 is 14.2 Å². The molecule has 4 rings (SSSR count). The van der Waals surface area contributed by atoms with Crippen molar-refractivity contribution < 1.29 is 17.9 Å². The zero-order valence-electron chi connectivity index (χ0n) is 21.2.